The SMILES string of the molecule is C=CCCCCCOc1ccc(C(=O)Oc2ccc(OC(=O)C3CCC(CCCCC)CC3)cc2)cc1. The Balaban J connectivity index is 1.39. The Hall–Kier alpha value is -3.08. The highest BCUT2D eigenvalue weighted by Crippen LogP contribution is 2.33. The van der Waals surface area contributed by atoms with E-state index in [0.717, 1.165) is 63.0 Å². The summed E-state index contributed by atoms with van der Waals surface area (Å²) in [4.78, 5) is 25.1. The van der Waals surface area contributed by atoms with Gasteiger partial charge in [0.2, 0.25) is 0 Å². The van der Waals surface area contributed by atoms with E-state index in [-0.39, 0.29) is 11.9 Å². The van der Waals surface area contributed by atoms with E-state index < -0.39 is 5.97 Å². The van der Waals surface area contributed by atoms with Gasteiger partial charge in [0.15, 0.2) is 0 Å². The average Bonchev–Trinajstić information content (AvgIpc) is 2.92. The number of ether oxygens (including phenoxy) is 3. The molecule has 0 heterocycles. The summed E-state index contributed by atoms with van der Waals surface area (Å²) in [5, 5.41) is 0. The van der Waals surface area contributed by atoms with Crippen molar-refractivity contribution in [3.63, 3.8) is 0 Å². The van der Waals surface area contributed by atoms with Crippen LogP contribution in [-0.2, 0) is 4.79 Å². The fourth-order valence-electron chi connectivity index (χ4n) is 4.76. The van der Waals surface area contributed by atoms with Crippen molar-refractivity contribution in [1.82, 2.24) is 0 Å². The fraction of sp³-hybridized carbons (Fsp3) is 0.500. The Morgan fingerprint density at radius 3 is 2.11 bits per heavy atom. The van der Waals surface area contributed by atoms with E-state index >= 15 is 0 Å². The first-order valence-electron chi connectivity index (χ1n) is 14.0. The van der Waals surface area contributed by atoms with E-state index in [4.69, 9.17) is 14.2 Å². The number of allylic oxidation sites excluding steroid dienone is 1. The molecule has 0 aromatic heterocycles. The molecule has 0 radical (unpaired) electrons. The van der Waals surface area contributed by atoms with Crippen LogP contribution in [0, 0.1) is 11.8 Å². The molecule has 5 heteroatoms. The Bertz CT molecular complexity index is 956. The Morgan fingerprint density at radius 1 is 0.811 bits per heavy atom. The molecule has 0 spiro atoms. The lowest BCUT2D eigenvalue weighted by atomic mass is 9.80. The van der Waals surface area contributed by atoms with Crippen LogP contribution in [0.2, 0.25) is 0 Å². The number of esters is 2. The lowest BCUT2D eigenvalue weighted by Crippen LogP contribution is -2.25. The number of rotatable bonds is 15. The van der Waals surface area contributed by atoms with Gasteiger partial charge in [0.25, 0.3) is 0 Å². The third kappa shape index (κ3) is 10.1. The summed E-state index contributed by atoms with van der Waals surface area (Å²) in [5.41, 5.74) is 0.444. The van der Waals surface area contributed by atoms with Gasteiger partial charge >= 0.3 is 11.9 Å². The molecule has 1 aliphatic carbocycles. The predicted molar refractivity (Wildman–Crippen MR) is 147 cm³/mol. The zero-order valence-corrected chi connectivity index (χ0v) is 22.3. The summed E-state index contributed by atoms with van der Waals surface area (Å²) in [6.07, 6.45) is 15.4. The summed E-state index contributed by atoms with van der Waals surface area (Å²) < 4.78 is 16.8. The molecule has 3 rings (SSSR count). The molecule has 0 amide bonds. The molecule has 5 nitrogen and oxygen atoms in total. The number of unbranched alkanes of at least 4 members (excludes halogenated alkanes) is 5. The molecule has 1 fully saturated rings. The first-order valence-corrected chi connectivity index (χ1v) is 14.0. The van der Waals surface area contributed by atoms with Crippen LogP contribution < -0.4 is 14.2 Å². The van der Waals surface area contributed by atoms with Gasteiger partial charge in [-0.05, 0) is 106 Å². The maximum Gasteiger partial charge on any atom is 0.343 e. The molecule has 200 valence electrons. The first kappa shape index (κ1) is 28.5. The molecule has 2 aromatic rings. The first-order chi connectivity index (χ1) is 18.1. The molecule has 37 heavy (non-hydrogen) atoms. The Morgan fingerprint density at radius 2 is 1.46 bits per heavy atom. The van der Waals surface area contributed by atoms with Gasteiger partial charge < -0.3 is 14.2 Å². The van der Waals surface area contributed by atoms with Crippen molar-refractivity contribution < 1.29 is 23.8 Å². The second-order valence-corrected chi connectivity index (χ2v) is 10.0. The smallest absolute Gasteiger partial charge is 0.343 e. The van der Waals surface area contributed by atoms with E-state index in [1.54, 1.807) is 48.5 Å². The molecule has 2 aromatic carbocycles. The van der Waals surface area contributed by atoms with Crippen molar-refractivity contribution >= 4 is 11.9 Å². The molecule has 0 aliphatic heterocycles. The van der Waals surface area contributed by atoms with Gasteiger partial charge in [-0.15, -0.1) is 6.58 Å². The molecular formula is C32H42O5. The number of carbonyl (C=O) groups is 2. The molecule has 0 bridgehead atoms. The molecular weight excluding hydrogens is 464 g/mol. The topological polar surface area (TPSA) is 61.8 Å². The van der Waals surface area contributed by atoms with Gasteiger partial charge in [-0.25, -0.2) is 4.79 Å². The second kappa shape index (κ2) is 15.9. The largest absolute Gasteiger partial charge is 0.494 e. The van der Waals surface area contributed by atoms with Gasteiger partial charge in [0.05, 0.1) is 18.1 Å². The summed E-state index contributed by atoms with van der Waals surface area (Å²) in [6.45, 7) is 6.61. The maximum atomic E-state index is 12.6. The quantitative estimate of drug-likeness (QED) is 0.105. The number of hydrogen-bond acceptors (Lipinski definition) is 5. The van der Waals surface area contributed by atoms with Crippen molar-refractivity contribution in [2.24, 2.45) is 11.8 Å². The van der Waals surface area contributed by atoms with Gasteiger partial charge in [-0.2, -0.15) is 0 Å². The van der Waals surface area contributed by atoms with Crippen molar-refractivity contribution in [2.45, 2.75) is 84.0 Å². The van der Waals surface area contributed by atoms with Crippen LogP contribution in [0.25, 0.3) is 0 Å². The predicted octanol–water partition coefficient (Wildman–Crippen LogP) is 8.32. The van der Waals surface area contributed by atoms with Crippen LogP contribution in [-0.4, -0.2) is 18.5 Å². The third-order valence-corrected chi connectivity index (χ3v) is 7.06. The van der Waals surface area contributed by atoms with E-state index in [2.05, 4.69) is 13.5 Å². The van der Waals surface area contributed by atoms with Crippen LogP contribution >= 0.6 is 0 Å². The van der Waals surface area contributed by atoms with E-state index in [1.165, 1.54) is 25.7 Å². The summed E-state index contributed by atoms with van der Waals surface area (Å²) in [7, 11) is 0. The Kier molecular flexibility index (Phi) is 12.2. The lowest BCUT2D eigenvalue weighted by molar-refractivity contribution is -0.140. The van der Waals surface area contributed by atoms with Crippen LogP contribution in [0.3, 0.4) is 0 Å². The minimum atomic E-state index is -0.448. The number of carbonyl (C=O) groups excluding carboxylic acids is 2. The van der Waals surface area contributed by atoms with E-state index in [1.807, 2.05) is 6.08 Å². The highest BCUT2D eigenvalue weighted by Gasteiger charge is 2.27. The van der Waals surface area contributed by atoms with Gasteiger partial charge in [-0.1, -0.05) is 38.7 Å². The number of benzene rings is 2. The van der Waals surface area contributed by atoms with Crippen LogP contribution in [0.5, 0.6) is 17.2 Å². The minimum absolute atomic E-state index is 0.0239. The van der Waals surface area contributed by atoms with Crippen LogP contribution in [0.1, 0.15) is 94.3 Å². The second-order valence-electron chi connectivity index (χ2n) is 10.0. The monoisotopic (exact) mass is 506 g/mol. The highest BCUT2D eigenvalue weighted by molar-refractivity contribution is 5.91. The normalized spacial score (nSPS) is 17.1. The summed E-state index contributed by atoms with van der Waals surface area (Å²) in [6, 6.07) is 13.6. The lowest BCUT2D eigenvalue weighted by Gasteiger charge is -2.27. The van der Waals surface area contributed by atoms with E-state index in [9.17, 15) is 9.59 Å². The summed E-state index contributed by atoms with van der Waals surface area (Å²) >= 11 is 0. The van der Waals surface area contributed by atoms with E-state index in [0.29, 0.717) is 23.7 Å². The molecule has 1 aliphatic rings. The van der Waals surface area contributed by atoms with Gasteiger partial charge in [0.1, 0.15) is 17.2 Å². The minimum Gasteiger partial charge on any atom is -0.494 e. The highest BCUT2D eigenvalue weighted by atomic mass is 16.5. The zero-order valence-electron chi connectivity index (χ0n) is 22.3. The van der Waals surface area contributed by atoms with Crippen molar-refractivity contribution in [3.05, 3.63) is 66.7 Å². The zero-order chi connectivity index (χ0) is 26.3. The number of hydrogen-bond donors (Lipinski definition) is 0. The average molecular weight is 507 g/mol. The summed E-state index contributed by atoms with van der Waals surface area (Å²) in [5.74, 6) is 1.73. The van der Waals surface area contributed by atoms with Crippen molar-refractivity contribution in [3.8, 4) is 17.2 Å². The third-order valence-electron chi connectivity index (χ3n) is 7.06. The molecule has 0 unspecified atom stereocenters. The van der Waals surface area contributed by atoms with Gasteiger partial charge in [-0.3, -0.25) is 4.79 Å². The Labute approximate surface area is 222 Å². The van der Waals surface area contributed by atoms with Crippen LogP contribution in [0.4, 0.5) is 0 Å². The maximum absolute atomic E-state index is 12.6. The fourth-order valence-corrected chi connectivity index (χ4v) is 4.76. The van der Waals surface area contributed by atoms with Crippen LogP contribution in [0.15, 0.2) is 61.2 Å². The van der Waals surface area contributed by atoms with Gasteiger partial charge in [0, 0.05) is 0 Å². The molecule has 1 saturated carbocycles. The standard InChI is InChI=1S/C32H42O5/c1-3-5-7-8-10-24-35-28-18-16-27(17-19-28)32(34)37-30-22-20-29(21-23-30)36-31(33)26-14-12-25(13-15-26)11-9-6-4-2/h3,16-23,25-26H,1,4-15,24H2,2H3. The molecule has 0 atom stereocenters. The van der Waals surface area contributed by atoms with Crippen molar-refractivity contribution in [1.29, 1.82) is 0 Å². The molecule has 0 N–H and O–H groups in total. The van der Waals surface area contributed by atoms with Crippen molar-refractivity contribution in [2.75, 3.05) is 6.61 Å². The molecule has 0 saturated heterocycles.